The Balaban J connectivity index is 1.51. The molecule has 1 aliphatic heterocycles. The number of halogens is 1. The van der Waals surface area contributed by atoms with Crippen molar-refractivity contribution >= 4 is 29.1 Å². The second-order valence-corrected chi connectivity index (χ2v) is 8.66. The van der Waals surface area contributed by atoms with Crippen LogP contribution in [0.25, 0.3) is 16.8 Å². The number of rotatable bonds is 5. The average molecular weight is 459 g/mol. The third kappa shape index (κ3) is 4.17. The molecule has 0 spiro atoms. The molecule has 1 N–H and O–H groups in total. The summed E-state index contributed by atoms with van der Waals surface area (Å²) in [5, 5.41) is 14.0. The lowest BCUT2D eigenvalue weighted by atomic mass is 10.0. The number of hydrogen-bond acceptors (Lipinski definition) is 7. The molecule has 0 saturated carbocycles. The highest BCUT2D eigenvalue weighted by atomic mass is 35.5. The molecule has 0 saturated heterocycles. The van der Waals surface area contributed by atoms with E-state index < -0.39 is 0 Å². The zero-order chi connectivity index (χ0) is 21.9. The van der Waals surface area contributed by atoms with Gasteiger partial charge in [0.15, 0.2) is 0 Å². The zero-order valence-electron chi connectivity index (χ0n) is 17.2. The number of nitrogens with one attached hydrogen (secondary N) is 1. The number of thioether (sulfide) groups is 1. The fourth-order valence-corrected chi connectivity index (χ4v) is 4.62. The topological polar surface area (TPSA) is 66.8 Å². The molecule has 4 heterocycles. The molecule has 5 rings (SSSR count). The SMILES string of the molecule is CN1C(Sc2ccc(Cl)cn2)=C(c2ccc(-c3ccnnc3)cc2)NC1c1ccccn1. The van der Waals surface area contributed by atoms with Crippen molar-refractivity contribution in [2.24, 2.45) is 0 Å². The van der Waals surface area contributed by atoms with Gasteiger partial charge in [0.05, 0.1) is 28.8 Å². The van der Waals surface area contributed by atoms with Gasteiger partial charge >= 0.3 is 0 Å². The van der Waals surface area contributed by atoms with Crippen LogP contribution < -0.4 is 5.32 Å². The van der Waals surface area contributed by atoms with Crippen LogP contribution in [0.1, 0.15) is 17.4 Å². The second-order valence-electron chi connectivity index (χ2n) is 7.22. The van der Waals surface area contributed by atoms with Crippen molar-refractivity contribution < 1.29 is 0 Å². The Bertz CT molecular complexity index is 1230. The van der Waals surface area contributed by atoms with Crippen LogP contribution in [-0.2, 0) is 0 Å². The number of aromatic nitrogens is 4. The molecule has 1 atom stereocenters. The first-order valence-corrected chi connectivity index (χ1v) is 11.2. The maximum Gasteiger partial charge on any atom is 0.143 e. The summed E-state index contributed by atoms with van der Waals surface area (Å²) in [4.78, 5) is 11.2. The summed E-state index contributed by atoms with van der Waals surface area (Å²) in [6, 6.07) is 20.1. The Labute approximate surface area is 195 Å². The van der Waals surface area contributed by atoms with E-state index in [0.29, 0.717) is 5.02 Å². The van der Waals surface area contributed by atoms with Crippen LogP contribution in [0.4, 0.5) is 0 Å². The third-order valence-corrected chi connectivity index (χ3v) is 6.52. The van der Waals surface area contributed by atoms with Crippen LogP contribution in [0.15, 0.2) is 95.5 Å². The lowest BCUT2D eigenvalue weighted by Crippen LogP contribution is -2.26. The van der Waals surface area contributed by atoms with Gasteiger partial charge in [0.2, 0.25) is 0 Å². The van der Waals surface area contributed by atoms with Crippen LogP contribution in [0.5, 0.6) is 0 Å². The molecule has 1 aromatic carbocycles. The van der Waals surface area contributed by atoms with Gasteiger partial charge in [-0.1, -0.05) is 53.7 Å². The molecule has 1 aliphatic rings. The van der Waals surface area contributed by atoms with Crippen molar-refractivity contribution in [2.45, 2.75) is 11.2 Å². The van der Waals surface area contributed by atoms with Gasteiger partial charge in [-0.15, -0.1) is 0 Å². The predicted octanol–water partition coefficient (Wildman–Crippen LogP) is 5.24. The number of nitrogens with zero attached hydrogens (tertiary/aromatic N) is 5. The lowest BCUT2D eigenvalue weighted by molar-refractivity contribution is 0.328. The molecule has 3 aromatic heterocycles. The molecule has 32 heavy (non-hydrogen) atoms. The Morgan fingerprint density at radius 3 is 2.38 bits per heavy atom. The van der Waals surface area contributed by atoms with Gasteiger partial charge in [0.25, 0.3) is 0 Å². The minimum Gasteiger partial charge on any atom is -0.358 e. The first-order chi connectivity index (χ1) is 15.7. The van der Waals surface area contributed by atoms with Crippen molar-refractivity contribution in [3.63, 3.8) is 0 Å². The van der Waals surface area contributed by atoms with Gasteiger partial charge in [-0.25, -0.2) is 4.98 Å². The molecular weight excluding hydrogens is 440 g/mol. The minimum atomic E-state index is -0.0786. The second kappa shape index (κ2) is 8.98. The fourth-order valence-electron chi connectivity index (χ4n) is 3.54. The van der Waals surface area contributed by atoms with Gasteiger partial charge in [0, 0.05) is 30.6 Å². The Kier molecular flexibility index (Phi) is 5.75. The van der Waals surface area contributed by atoms with E-state index in [4.69, 9.17) is 11.6 Å². The predicted molar refractivity (Wildman–Crippen MR) is 127 cm³/mol. The van der Waals surface area contributed by atoms with E-state index >= 15 is 0 Å². The van der Waals surface area contributed by atoms with E-state index in [1.165, 1.54) is 0 Å². The average Bonchev–Trinajstić information content (AvgIpc) is 3.17. The largest absolute Gasteiger partial charge is 0.358 e. The molecular formula is C24H19ClN6S. The summed E-state index contributed by atoms with van der Waals surface area (Å²) in [7, 11) is 2.06. The summed E-state index contributed by atoms with van der Waals surface area (Å²) in [6.07, 6.45) is 6.87. The van der Waals surface area contributed by atoms with Crippen LogP contribution in [0, 0.1) is 0 Å². The smallest absolute Gasteiger partial charge is 0.143 e. The van der Waals surface area contributed by atoms with E-state index in [1.54, 1.807) is 30.4 Å². The maximum atomic E-state index is 6.03. The first-order valence-electron chi connectivity index (χ1n) is 10.0. The Morgan fingerprint density at radius 2 is 1.69 bits per heavy atom. The highest BCUT2D eigenvalue weighted by Crippen LogP contribution is 2.42. The number of pyridine rings is 2. The van der Waals surface area contributed by atoms with Gasteiger partial charge < -0.3 is 10.2 Å². The van der Waals surface area contributed by atoms with Crippen molar-refractivity contribution in [3.05, 3.63) is 107 Å². The summed E-state index contributed by atoms with van der Waals surface area (Å²) < 4.78 is 0. The van der Waals surface area contributed by atoms with Crippen molar-refractivity contribution in [1.82, 2.24) is 30.4 Å². The van der Waals surface area contributed by atoms with Crippen molar-refractivity contribution in [3.8, 4) is 11.1 Å². The number of benzene rings is 1. The van der Waals surface area contributed by atoms with Gasteiger partial charge in [-0.3, -0.25) is 4.98 Å². The zero-order valence-corrected chi connectivity index (χ0v) is 18.8. The van der Waals surface area contributed by atoms with Crippen molar-refractivity contribution in [1.29, 1.82) is 0 Å². The minimum absolute atomic E-state index is 0.0786. The summed E-state index contributed by atoms with van der Waals surface area (Å²) in [6.45, 7) is 0. The molecule has 0 bridgehead atoms. The molecule has 6 nitrogen and oxygen atoms in total. The summed E-state index contributed by atoms with van der Waals surface area (Å²) in [5.41, 5.74) is 5.18. The molecule has 1 unspecified atom stereocenters. The fraction of sp³-hybridized carbons (Fsp3) is 0.0833. The number of hydrogen-bond donors (Lipinski definition) is 1. The van der Waals surface area contributed by atoms with Crippen LogP contribution in [0.3, 0.4) is 0 Å². The third-order valence-electron chi connectivity index (χ3n) is 5.16. The Hall–Kier alpha value is -3.42. The van der Waals surface area contributed by atoms with Gasteiger partial charge in [-0.2, -0.15) is 10.2 Å². The van der Waals surface area contributed by atoms with Crippen LogP contribution in [0.2, 0.25) is 5.02 Å². The van der Waals surface area contributed by atoms with E-state index in [-0.39, 0.29) is 6.17 Å². The van der Waals surface area contributed by atoms with E-state index in [9.17, 15) is 0 Å². The van der Waals surface area contributed by atoms with Gasteiger partial charge in [0.1, 0.15) is 16.2 Å². The standard InChI is InChI=1S/C24H19ClN6S/c1-31-23(20-4-2-3-12-26-20)30-22(24(31)32-21-10-9-19(25)15-27-21)17-7-5-16(6-8-17)18-11-13-28-29-14-18/h2-15,23,30H,1H3. The highest BCUT2D eigenvalue weighted by molar-refractivity contribution is 8.03. The van der Waals surface area contributed by atoms with Crippen LogP contribution >= 0.6 is 23.4 Å². The van der Waals surface area contributed by atoms with Crippen LogP contribution in [-0.4, -0.2) is 32.1 Å². The Morgan fingerprint density at radius 1 is 0.844 bits per heavy atom. The van der Waals surface area contributed by atoms with E-state index in [2.05, 4.69) is 61.7 Å². The molecule has 8 heteroatoms. The van der Waals surface area contributed by atoms with Gasteiger partial charge in [-0.05, 0) is 35.9 Å². The molecule has 4 aromatic rings. The first kappa shape index (κ1) is 20.5. The quantitative estimate of drug-likeness (QED) is 0.438. The van der Waals surface area contributed by atoms with Crippen molar-refractivity contribution in [2.75, 3.05) is 7.05 Å². The molecule has 158 valence electrons. The van der Waals surface area contributed by atoms with E-state index in [1.807, 2.05) is 42.6 Å². The summed E-state index contributed by atoms with van der Waals surface area (Å²) >= 11 is 7.62. The monoisotopic (exact) mass is 458 g/mol. The molecule has 0 aliphatic carbocycles. The van der Waals surface area contributed by atoms with E-state index in [0.717, 1.165) is 38.1 Å². The lowest BCUT2D eigenvalue weighted by Gasteiger charge is -2.23. The maximum absolute atomic E-state index is 6.03. The molecule has 0 amide bonds. The highest BCUT2D eigenvalue weighted by Gasteiger charge is 2.32. The summed E-state index contributed by atoms with van der Waals surface area (Å²) in [5.74, 6) is 0. The molecule has 0 fully saturated rings. The molecule has 0 radical (unpaired) electrons. The normalized spacial score (nSPS) is 15.7.